The summed E-state index contributed by atoms with van der Waals surface area (Å²) in [6.45, 7) is 2.98. The molecule has 29 heavy (non-hydrogen) atoms. The number of piperidine rings is 1. The minimum Gasteiger partial charge on any atom is -0.465 e. The molecular weight excluding hydrogens is 374 g/mol. The first-order chi connectivity index (χ1) is 13.9. The predicted octanol–water partition coefficient (Wildman–Crippen LogP) is 1.81. The van der Waals surface area contributed by atoms with Crippen molar-refractivity contribution < 1.29 is 24.7 Å². The highest BCUT2D eigenvalue weighted by Gasteiger charge is 2.61. The predicted molar refractivity (Wildman–Crippen MR) is 104 cm³/mol. The summed E-state index contributed by atoms with van der Waals surface area (Å²) < 4.78 is 0. The second kappa shape index (κ2) is 7.18. The van der Waals surface area contributed by atoms with Crippen LogP contribution in [0.3, 0.4) is 0 Å². The Labute approximate surface area is 168 Å². The van der Waals surface area contributed by atoms with Gasteiger partial charge >= 0.3 is 6.09 Å². The van der Waals surface area contributed by atoms with Gasteiger partial charge in [-0.15, -0.1) is 0 Å². The molecule has 8 heteroatoms. The molecule has 2 unspecified atom stereocenters. The third-order valence-electron chi connectivity index (χ3n) is 6.75. The lowest BCUT2D eigenvalue weighted by Crippen LogP contribution is -2.61. The average Bonchev–Trinajstić information content (AvgIpc) is 3.12. The minimum absolute atomic E-state index is 0.238. The molecule has 2 aliphatic heterocycles. The van der Waals surface area contributed by atoms with Crippen LogP contribution in [0.15, 0.2) is 36.4 Å². The van der Waals surface area contributed by atoms with Crippen LogP contribution in [0, 0.1) is 17.3 Å². The first-order valence-corrected chi connectivity index (χ1v) is 9.83. The zero-order chi connectivity index (χ0) is 20.8. The van der Waals surface area contributed by atoms with Gasteiger partial charge < -0.3 is 10.0 Å². The summed E-state index contributed by atoms with van der Waals surface area (Å²) in [7, 11) is 0. The van der Waals surface area contributed by atoms with E-state index < -0.39 is 29.9 Å². The second-order valence-corrected chi connectivity index (χ2v) is 8.42. The van der Waals surface area contributed by atoms with Gasteiger partial charge in [-0.3, -0.25) is 19.7 Å². The van der Waals surface area contributed by atoms with E-state index in [1.54, 1.807) is 10.4 Å². The standard InChI is InChI=1S/C21H25N3O5/c1-13-9-21(13)10-16(18(25)22-29)17(24(12-21)20(27)28)19(26)23-8-7-15(11-23)14-5-3-2-4-6-14/h2-7,13,16-17,29H,8-12H2,1H3,(H,22,25)(H,27,28)/t13?,16-,17-,21?/m0/s1. The Hall–Kier alpha value is -2.87. The number of nitrogens with zero attached hydrogens (tertiary/aromatic N) is 2. The van der Waals surface area contributed by atoms with E-state index in [-0.39, 0.29) is 17.9 Å². The molecule has 0 bridgehead atoms. The Balaban J connectivity index is 1.58. The highest BCUT2D eigenvalue weighted by Crippen LogP contribution is 2.59. The number of hydrogen-bond acceptors (Lipinski definition) is 4. The maximum absolute atomic E-state index is 13.4. The molecule has 3 aliphatic rings. The molecular formula is C21H25N3O5. The number of hydroxylamine groups is 1. The highest BCUT2D eigenvalue weighted by atomic mass is 16.5. The van der Waals surface area contributed by atoms with Gasteiger partial charge in [0.1, 0.15) is 6.04 Å². The maximum atomic E-state index is 13.4. The van der Waals surface area contributed by atoms with Gasteiger partial charge in [-0.2, -0.15) is 0 Å². The molecule has 0 aromatic heterocycles. The van der Waals surface area contributed by atoms with E-state index in [9.17, 15) is 24.7 Å². The minimum atomic E-state index is -1.22. The summed E-state index contributed by atoms with van der Waals surface area (Å²) in [6.07, 6.45) is 1.95. The van der Waals surface area contributed by atoms with E-state index in [2.05, 4.69) is 0 Å². The van der Waals surface area contributed by atoms with Gasteiger partial charge in [-0.25, -0.2) is 10.3 Å². The Morgan fingerprint density at radius 1 is 1.17 bits per heavy atom. The fraction of sp³-hybridized carbons (Fsp3) is 0.476. The molecule has 1 spiro atoms. The Bertz CT molecular complexity index is 870. The van der Waals surface area contributed by atoms with Crippen LogP contribution in [0.4, 0.5) is 4.79 Å². The van der Waals surface area contributed by atoms with Crippen molar-refractivity contribution in [3.8, 4) is 0 Å². The number of carbonyl (C=O) groups excluding carboxylic acids is 2. The van der Waals surface area contributed by atoms with Gasteiger partial charge in [-0.1, -0.05) is 43.3 Å². The molecule has 3 N–H and O–H groups in total. The third kappa shape index (κ3) is 3.37. The van der Waals surface area contributed by atoms with Gasteiger partial charge in [0.15, 0.2) is 0 Å². The zero-order valence-corrected chi connectivity index (χ0v) is 16.2. The molecule has 8 nitrogen and oxygen atoms in total. The monoisotopic (exact) mass is 399 g/mol. The van der Waals surface area contributed by atoms with Crippen molar-refractivity contribution in [2.24, 2.45) is 17.3 Å². The van der Waals surface area contributed by atoms with Crippen LogP contribution >= 0.6 is 0 Å². The van der Waals surface area contributed by atoms with Crippen LogP contribution in [0.5, 0.6) is 0 Å². The SMILES string of the molecule is CC1CC12C[C@H](C(=O)NO)[C@@H](C(=O)N1CC=C(c3ccccc3)C1)N(C(=O)O)C2. The second-order valence-electron chi connectivity index (χ2n) is 8.42. The Kier molecular flexibility index (Phi) is 4.82. The van der Waals surface area contributed by atoms with Crippen LogP contribution in [0.25, 0.3) is 5.57 Å². The number of nitrogens with one attached hydrogen (secondary N) is 1. The van der Waals surface area contributed by atoms with E-state index >= 15 is 0 Å². The lowest BCUT2D eigenvalue weighted by atomic mass is 9.79. The van der Waals surface area contributed by atoms with Crippen molar-refractivity contribution >= 4 is 23.5 Å². The van der Waals surface area contributed by atoms with Crippen molar-refractivity contribution in [1.82, 2.24) is 15.3 Å². The molecule has 154 valence electrons. The zero-order valence-electron chi connectivity index (χ0n) is 16.2. The summed E-state index contributed by atoms with van der Waals surface area (Å²) in [4.78, 5) is 40.5. The van der Waals surface area contributed by atoms with Crippen LogP contribution in [-0.2, 0) is 9.59 Å². The van der Waals surface area contributed by atoms with Crippen molar-refractivity contribution in [1.29, 1.82) is 0 Å². The van der Waals surface area contributed by atoms with Crippen molar-refractivity contribution in [2.45, 2.75) is 25.8 Å². The number of carboxylic acid groups (broad SMARTS) is 1. The largest absolute Gasteiger partial charge is 0.465 e. The number of benzene rings is 1. The normalized spacial score (nSPS) is 30.8. The van der Waals surface area contributed by atoms with Crippen molar-refractivity contribution in [3.05, 3.63) is 42.0 Å². The topological polar surface area (TPSA) is 110 Å². The lowest BCUT2D eigenvalue weighted by molar-refractivity contribution is -0.149. The van der Waals surface area contributed by atoms with Crippen molar-refractivity contribution in [3.63, 3.8) is 0 Å². The van der Waals surface area contributed by atoms with Gasteiger partial charge in [0.25, 0.3) is 0 Å². The van der Waals surface area contributed by atoms with E-state index in [1.807, 2.05) is 43.3 Å². The fourth-order valence-corrected chi connectivity index (χ4v) is 4.91. The molecule has 1 aliphatic carbocycles. The van der Waals surface area contributed by atoms with Gasteiger partial charge in [0.2, 0.25) is 11.8 Å². The summed E-state index contributed by atoms with van der Waals surface area (Å²) >= 11 is 0. The van der Waals surface area contributed by atoms with Gasteiger partial charge in [0.05, 0.1) is 5.92 Å². The van der Waals surface area contributed by atoms with Gasteiger partial charge in [-0.05, 0) is 35.3 Å². The summed E-state index contributed by atoms with van der Waals surface area (Å²) in [5.74, 6) is -1.73. The highest BCUT2D eigenvalue weighted by molar-refractivity contribution is 5.94. The maximum Gasteiger partial charge on any atom is 0.408 e. The smallest absolute Gasteiger partial charge is 0.408 e. The number of carbonyl (C=O) groups is 3. The van der Waals surface area contributed by atoms with Crippen LogP contribution in [0.1, 0.15) is 25.3 Å². The summed E-state index contributed by atoms with van der Waals surface area (Å²) in [6, 6.07) is 8.55. The molecule has 3 amide bonds. The number of hydrogen-bond donors (Lipinski definition) is 3. The molecule has 0 radical (unpaired) electrons. The van der Waals surface area contributed by atoms with E-state index in [0.717, 1.165) is 22.5 Å². The molecule has 4 atom stereocenters. The van der Waals surface area contributed by atoms with E-state index in [0.29, 0.717) is 19.5 Å². The van der Waals surface area contributed by atoms with Crippen LogP contribution in [0.2, 0.25) is 0 Å². The number of rotatable bonds is 3. The molecule has 2 fully saturated rings. The molecule has 1 saturated carbocycles. The molecule has 2 heterocycles. The molecule has 4 rings (SSSR count). The third-order valence-corrected chi connectivity index (χ3v) is 6.75. The van der Waals surface area contributed by atoms with E-state index in [1.165, 1.54) is 0 Å². The lowest BCUT2D eigenvalue weighted by Gasteiger charge is -2.43. The molecule has 1 saturated heterocycles. The van der Waals surface area contributed by atoms with E-state index in [4.69, 9.17) is 0 Å². The van der Waals surface area contributed by atoms with Crippen LogP contribution < -0.4 is 5.48 Å². The summed E-state index contributed by atoms with van der Waals surface area (Å²) in [5, 5.41) is 19.0. The van der Waals surface area contributed by atoms with Gasteiger partial charge in [0, 0.05) is 19.6 Å². The first-order valence-electron chi connectivity index (χ1n) is 9.83. The number of likely N-dealkylation sites (tertiary alicyclic amines) is 1. The first kappa shape index (κ1) is 19.4. The number of amides is 3. The Morgan fingerprint density at radius 3 is 2.45 bits per heavy atom. The Morgan fingerprint density at radius 2 is 1.86 bits per heavy atom. The molecule has 1 aromatic carbocycles. The fourth-order valence-electron chi connectivity index (χ4n) is 4.91. The molecule has 1 aromatic rings. The van der Waals surface area contributed by atoms with Crippen molar-refractivity contribution in [2.75, 3.05) is 19.6 Å². The summed E-state index contributed by atoms with van der Waals surface area (Å²) in [5.41, 5.74) is 3.36. The van der Waals surface area contributed by atoms with Crippen LogP contribution in [-0.4, -0.2) is 63.7 Å². The average molecular weight is 399 g/mol. The quantitative estimate of drug-likeness (QED) is 0.530.